The number of anilines is 2. The van der Waals surface area contributed by atoms with Gasteiger partial charge in [-0.3, -0.25) is 14.6 Å². The molecule has 1 amide bonds. The van der Waals surface area contributed by atoms with Gasteiger partial charge in [0.1, 0.15) is 0 Å². The summed E-state index contributed by atoms with van der Waals surface area (Å²) < 4.78 is 0. The van der Waals surface area contributed by atoms with Crippen LogP contribution in [0, 0.1) is 0 Å². The Morgan fingerprint density at radius 1 is 1.24 bits per heavy atom. The van der Waals surface area contributed by atoms with Crippen molar-refractivity contribution in [3.05, 3.63) is 59.7 Å². The van der Waals surface area contributed by atoms with Gasteiger partial charge in [-0.2, -0.15) is 0 Å². The number of nitrogens with zero attached hydrogens (tertiary/aromatic N) is 3. The number of aliphatic carboxylic acids is 1. The number of carboxylic acids is 1. The maximum atomic E-state index is 12.6. The average molecular weight is 410 g/mol. The third-order valence-corrected chi connectivity index (χ3v) is 5.36. The van der Waals surface area contributed by atoms with Gasteiger partial charge in [-0.1, -0.05) is 12.1 Å². The van der Waals surface area contributed by atoms with Gasteiger partial charge in [-0.05, 0) is 37.6 Å². The first-order valence-corrected chi connectivity index (χ1v) is 10.0. The van der Waals surface area contributed by atoms with Crippen LogP contribution in [-0.2, 0) is 4.79 Å². The molecule has 1 atom stereocenters. The number of aromatic nitrogens is 2. The zero-order valence-corrected chi connectivity index (χ0v) is 17.0. The van der Waals surface area contributed by atoms with Gasteiger partial charge < -0.3 is 15.3 Å². The molecule has 0 aliphatic rings. The van der Waals surface area contributed by atoms with Crippen LogP contribution in [0.3, 0.4) is 0 Å². The first kappa shape index (κ1) is 20.5. The number of carbonyl (C=O) groups is 2. The Kier molecular flexibility index (Phi) is 6.56. The van der Waals surface area contributed by atoms with Crippen molar-refractivity contribution in [3.63, 3.8) is 0 Å². The smallest absolute Gasteiger partial charge is 0.303 e. The second-order valence-corrected chi connectivity index (χ2v) is 7.54. The molecule has 0 saturated heterocycles. The summed E-state index contributed by atoms with van der Waals surface area (Å²) >= 11 is 1.49. The molecule has 2 N–H and O–H groups in total. The largest absolute Gasteiger partial charge is 0.481 e. The number of rotatable bonds is 8. The summed E-state index contributed by atoms with van der Waals surface area (Å²) in [5.74, 6) is -0.991. The van der Waals surface area contributed by atoms with Crippen molar-refractivity contribution in [3.8, 4) is 11.3 Å². The summed E-state index contributed by atoms with van der Waals surface area (Å²) in [6, 6.07) is 10.9. The highest BCUT2D eigenvalue weighted by Crippen LogP contribution is 2.27. The number of thiazole rings is 1. The summed E-state index contributed by atoms with van der Waals surface area (Å²) in [6.07, 6.45) is 3.90. The number of nitrogens with one attached hydrogen (secondary N) is 1. The van der Waals surface area contributed by atoms with Crippen LogP contribution >= 0.6 is 11.3 Å². The highest BCUT2D eigenvalue weighted by atomic mass is 32.1. The molecular weight excluding hydrogens is 388 g/mol. The molecule has 0 radical (unpaired) electrons. The molecule has 0 saturated carbocycles. The molecule has 0 aliphatic carbocycles. The van der Waals surface area contributed by atoms with E-state index >= 15 is 0 Å². The molecule has 2 aromatic heterocycles. The number of pyridine rings is 1. The van der Waals surface area contributed by atoms with Crippen molar-refractivity contribution in [1.29, 1.82) is 0 Å². The fraction of sp³-hybridized carbons (Fsp3) is 0.238. The van der Waals surface area contributed by atoms with Crippen molar-refractivity contribution in [2.45, 2.75) is 25.8 Å². The van der Waals surface area contributed by atoms with Crippen LogP contribution in [-0.4, -0.2) is 44.9 Å². The first-order chi connectivity index (χ1) is 13.9. The fourth-order valence-corrected chi connectivity index (χ4v) is 3.48. The lowest BCUT2D eigenvalue weighted by Crippen LogP contribution is -2.35. The van der Waals surface area contributed by atoms with Gasteiger partial charge >= 0.3 is 5.97 Å². The lowest BCUT2D eigenvalue weighted by Gasteiger charge is -2.24. The molecule has 3 aromatic rings. The van der Waals surface area contributed by atoms with Crippen molar-refractivity contribution < 1.29 is 14.7 Å². The minimum absolute atomic E-state index is 0.0387. The maximum absolute atomic E-state index is 12.6. The van der Waals surface area contributed by atoms with E-state index in [1.54, 1.807) is 36.5 Å². The van der Waals surface area contributed by atoms with Gasteiger partial charge in [-0.25, -0.2) is 4.98 Å². The van der Waals surface area contributed by atoms with Crippen LogP contribution in [0.15, 0.2) is 54.2 Å². The number of hydrogen-bond donors (Lipinski definition) is 2. The summed E-state index contributed by atoms with van der Waals surface area (Å²) in [6.45, 7) is 1.85. The van der Waals surface area contributed by atoms with Crippen LogP contribution in [0.4, 0.5) is 10.8 Å². The molecule has 0 fully saturated rings. The predicted molar refractivity (Wildman–Crippen MR) is 113 cm³/mol. The van der Waals surface area contributed by atoms with Crippen LogP contribution in [0.1, 0.15) is 30.1 Å². The van der Waals surface area contributed by atoms with Crippen molar-refractivity contribution in [1.82, 2.24) is 14.9 Å². The molecule has 0 aliphatic heterocycles. The van der Waals surface area contributed by atoms with Crippen molar-refractivity contribution >= 4 is 34.0 Å². The predicted octanol–water partition coefficient (Wildman–Crippen LogP) is 4.27. The van der Waals surface area contributed by atoms with E-state index in [-0.39, 0.29) is 18.4 Å². The Morgan fingerprint density at radius 3 is 2.66 bits per heavy atom. The number of hydrogen-bond acceptors (Lipinski definition) is 6. The average Bonchev–Trinajstić information content (AvgIpc) is 3.20. The first-order valence-electron chi connectivity index (χ1n) is 9.16. The van der Waals surface area contributed by atoms with Gasteiger partial charge in [0.05, 0.1) is 17.6 Å². The third kappa shape index (κ3) is 5.39. The molecule has 7 nitrogen and oxygen atoms in total. The standard InChI is InChI=1S/C21H22N4O3S/c1-14(5-10-19(26)27)25(2)20(28)16-8-6-15(7-9-16)18-13-29-21(24-18)23-17-4-3-11-22-12-17/h3-4,6-9,11-14H,5,10H2,1-2H3,(H,23,24)(H,26,27). The lowest BCUT2D eigenvalue weighted by molar-refractivity contribution is -0.137. The van der Waals surface area contributed by atoms with Gasteiger partial charge in [0, 0.05) is 42.2 Å². The molecule has 150 valence electrons. The monoisotopic (exact) mass is 410 g/mol. The van der Waals surface area contributed by atoms with E-state index in [2.05, 4.69) is 15.3 Å². The number of carbonyl (C=O) groups excluding carboxylic acids is 1. The Balaban J connectivity index is 1.65. The second kappa shape index (κ2) is 9.29. The maximum Gasteiger partial charge on any atom is 0.303 e. The minimum atomic E-state index is -0.859. The minimum Gasteiger partial charge on any atom is -0.481 e. The second-order valence-electron chi connectivity index (χ2n) is 6.68. The van der Waals surface area contributed by atoms with Crippen LogP contribution in [0.25, 0.3) is 11.3 Å². The van der Waals surface area contributed by atoms with E-state index in [4.69, 9.17) is 5.11 Å². The number of carboxylic acid groups (broad SMARTS) is 1. The molecule has 0 bridgehead atoms. The summed E-state index contributed by atoms with van der Waals surface area (Å²) in [5, 5.41) is 14.7. The Bertz CT molecular complexity index is 973. The Hall–Kier alpha value is -3.26. The van der Waals surface area contributed by atoms with E-state index in [0.29, 0.717) is 12.0 Å². The molecule has 8 heteroatoms. The van der Waals surface area contributed by atoms with Gasteiger partial charge in [0.15, 0.2) is 5.13 Å². The zero-order chi connectivity index (χ0) is 20.8. The molecule has 1 unspecified atom stereocenters. The number of amides is 1. The lowest BCUT2D eigenvalue weighted by atomic mass is 10.1. The quantitative estimate of drug-likeness (QED) is 0.576. The van der Waals surface area contributed by atoms with Gasteiger partial charge in [-0.15, -0.1) is 11.3 Å². The topological polar surface area (TPSA) is 95.4 Å². The van der Waals surface area contributed by atoms with E-state index in [0.717, 1.165) is 22.1 Å². The third-order valence-electron chi connectivity index (χ3n) is 4.60. The Morgan fingerprint density at radius 2 is 2.00 bits per heavy atom. The highest BCUT2D eigenvalue weighted by molar-refractivity contribution is 7.14. The molecule has 29 heavy (non-hydrogen) atoms. The summed E-state index contributed by atoms with van der Waals surface area (Å²) in [5.41, 5.74) is 3.17. The van der Waals surface area contributed by atoms with Gasteiger partial charge in [0.2, 0.25) is 0 Å². The summed E-state index contributed by atoms with van der Waals surface area (Å²) in [7, 11) is 1.69. The molecule has 0 spiro atoms. The van der Waals surface area contributed by atoms with E-state index in [1.165, 1.54) is 11.3 Å². The summed E-state index contributed by atoms with van der Waals surface area (Å²) in [4.78, 5) is 33.6. The molecule has 2 heterocycles. The zero-order valence-electron chi connectivity index (χ0n) is 16.2. The Labute approximate surface area is 173 Å². The van der Waals surface area contributed by atoms with Crippen LogP contribution in [0.5, 0.6) is 0 Å². The molecule has 1 aromatic carbocycles. The van der Waals surface area contributed by atoms with Crippen LogP contribution < -0.4 is 5.32 Å². The van der Waals surface area contributed by atoms with E-state index in [9.17, 15) is 9.59 Å². The molecular formula is C21H22N4O3S. The number of benzene rings is 1. The molecule has 3 rings (SSSR count). The van der Waals surface area contributed by atoms with Crippen LogP contribution in [0.2, 0.25) is 0 Å². The van der Waals surface area contributed by atoms with Crippen molar-refractivity contribution in [2.24, 2.45) is 0 Å². The van der Waals surface area contributed by atoms with E-state index < -0.39 is 5.97 Å². The normalized spacial score (nSPS) is 11.7. The SMILES string of the molecule is CC(CCC(=O)O)N(C)C(=O)c1ccc(-c2csc(Nc3cccnc3)n2)cc1. The van der Waals surface area contributed by atoms with Gasteiger partial charge in [0.25, 0.3) is 5.91 Å². The fourth-order valence-electron chi connectivity index (χ4n) is 2.74. The van der Waals surface area contributed by atoms with E-state index in [1.807, 2.05) is 36.6 Å². The highest BCUT2D eigenvalue weighted by Gasteiger charge is 2.18. The van der Waals surface area contributed by atoms with Crippen molar-refractivity contribution in [2.75, 3.05) is 12.4 Å².